The highest BCUT2D eigenvalue weighted by Crippen LogP contribution is 2.19. The molecule has 0 fully saturated rings. The van der Waals surface area contributed by atoms with Gasteiger partial charge in [0.25, 0.3) is 0 Å². The van der Waals surface area contributed by atoms with Crippen LogP contribution in [0.5, 0.6) is 0 Å². The van der Waals surface area contributed by atoms with Crippen molar-refractivity contribution in [1.82, 2.24) is 0 Å². The van der Waals surface area contributed by atoms with Gasteiger partial charge in [-0.2, -0.15) is 0 Å². The summed E-state index contributed by atoms with van der Waals surface area (Å²) in [5, 5.41) is 0. The lowest BCUT2D eigenvalue weighted by Crippen LogP contribution is -2.35. The monoisotopic (exact) mass is 204 g/mol. The summed E-state index contributed by atoms with van der Waals surface area (Å²) < 4.78 is 25.3. The molecule has 0 atom stereocenters. The lowest BCUT2D eigenvalue weighted by molar-refractivity contribution is -0.297. The van der Waals surface area contributed by atoms with Gasteiger partial charge in [-0.05, 0) is 26.7 Å². The summed E-state index contributed by atoms with van der Waals surface area (Å²) in [7, 11) is -0.519. The molecule has 0 heterocycles. The summed E-state index contributed by atoms with van der Waals surface area (Å²) in [5.74, 6) is 3.69. The Balaban J connectivity index is 4.53. The molecule has 0 saturated heterocycles. The molecule has 0 N–H and O–H groups in total. The van der Waals surface area contributed by atoms with Gasteiger partial charge in [-0.1, -0.05) is 5.92 Å². The highest BCUT2D eigenvalue weighted by atomic mass is 31.1. The smallest absolute Gasteiger partial charge is 0.317 e. The van der Waals surface area contributed by atoms with Crippen LogP contribution in [-0.4, -0.2) is 19.2 Å². The SMILES string of the molecule is CC#CC(OCC)(OCC)OP=O. The van der Waals surface area contributed by atoms with Gasteiger partial charge >= 0.3 is 14.7 Å². The van der Waals surface area contributed by atoms with E-state index in [4.69, 9.17) is 14.0 Å². The van der Waals surface area contributed by atoms with Gasteiger partial charge in [0.05, 0.1) is 13.2 Å². The first-order chi connectivity index (χ1) is 6.24. The van der Waals surface area contributed by atoms with E-state index < -0.39 is 14.7 Å². The van der Waals surface area contributed by atoms with Crippen molar-refractivity contribution in [3.05, 3.63) is 0 Å². The molecule has 5 heteroatoms. The average Bonchev–Trinajstić information content (AvgIpc) is 2.06. The second-order valence-electron chi connectivity index (χ2n) is 1.96. The predicted octanol–water partition coefficient (Wildman–Crippen LogP) is 1.96. The number of rotatable bonds is 6. The fourth-order valence-electron chi connectivity index (χ4n) is 0.772. The van der Waals surface area contributed by atoms with Gasteiger partial charge in [0.2, 0.25) is 0 Å². The Bertz CT molecular complexity index is 200. The Kier molecular flexibility index (Phi) is 6.75. The maximum atomic E-state index is 10.3. The van der Waals surface area contributed by atoms with Gasteiger partial charge < -0.3 is 9.47 Å². The number of hydrogen-bond donors (Lipinski definition) is 0. The van der Waals surface area contributed by atoms with Crippen molar-refractivity contribution < 1.29 is 18.6 Å². The molecule has 0 aromatic carbocycles. The van der Waals surface area contributed by atoms with Crippen molar-refractivity contribution in [1.29, 1.82) is 0 Å². The first-order valence-electron chi connectivity index (χ1n) is 3.97. The molecule has 74 valence electrons. The van der Waals surface area contributed by atoms with Crippen LogP contribution >= 0.6 is 8.69 Å². The van der Waals surface area contributed by atoms with Gasteiger partial charge in [-0.15, -0.1) is 0 Å². The highest BCUT2D eigenvalue weighted by molar-refractivity contribution is 7.17. The van der Waals surface area contributed by atoms with Crippen molar-refractivity contribution in [3.63, 3.8) is 0 Å². The van der Waals surface area contributed by atoms with Gasteiger partial charge in [0, 0.05) is 0 Å². The number of ether oxygens (including phenoxy) is 2. The minimum Gasteiger partial charge on any atom is -0.317 e. The Labute approximate surface area is 79.8 Å². The summed E-state index contributed by atoms with van der Waals surface area (Å²) in [6, 6.07) is 0. The van der Waals surface area contributed by atoms with Gasteiger partial charge in [-0.3, -0.25) is 0 Å². The van der Waals surface area contributed by atoms with Gasteiger partial charge in [-0.25, -0.2) is 9.09 Å². The first-order valence-corrected chi connectivity index (χ1v) is 4.70. The zero-order valence-electron chi connectivity index (χ0n) is 7.99. The molecule has 0 saturated carbocycles. The molecule has 0 bridgehead atoms. The zero-order chi connectivity index (χ0) is 10.2. The Morgan fingerprint density at radius 1 is 1.31 bits per heavy atom. The number of hydrogen-bond acceptors (Lipinski definition) is 4. The molecule has 0 spiro atoms. The molecule has 0 aromatic heterocycles. The third-order valence-corrected chi connectivity index (χ3v) is 1.42. The Morgan fingerprint density at radius 3 is 2.15 bits per heavy atom. The minimum atomic E-state index is -1.48. The minimum absolute atomic E-state index is 0.365. The first kappa shape index (κ1) is 12.5. The summed E-state index contributed by atoms with van der Waals surface area (Å²) in [5.41, 5.74) is 0. The molecule has 0 unspecified atom stereocenters. The molecule has 4 nitrogen and oxygen atoms in total. The van der Waals surface area contributed by atoms with Crippen molar-refractivity contribution in [3.8, 4) is 11.8 Å². The lowest BCUT2D eigenvalue weighted by atomic mass is 10.5. The fourth-order valence-corrected chi connectivity index (χ4v) is 1.02. The molecule has 0 aliphatic rings. The molecule has 0 radical (unpaired) electrons. The molecule has 0 aliphatic carbocycles. The average molecular weight is 204 g/mol. The van der Waals surface area contributed by atoms with E-state index in [1.165, 1.54) is 0 Å². The lowest BCUT2D eigenvalue weighted by Gasteiger charge is -2.23. The van der Waals surface area contributed by atoms with E-state index >= 15 is 0 Å². The van der Waals surface area contributed by atoms with Crippen LogP contribution in [0.1, 0.15) is 20.8 Å². The van der Waals surface area contributed by atoms with E-state index in [2.05, 4.69) is 11.8 Å². The molecular formula is C8H13O4P. The van der Waals surface area contributed by atoms with Crippen LogP contribution in [-0.2, 0) is 18.6 Å². The van der Waals surface area contributed by atoms with Crippen LogP contribution < -0.4 is 0 Å². The quantitative estimate of drug-likeness (QED) is 0.377. The van der Waals surface area contributed by atoms with E-state index in [0.717, 1.165) is 0 Å². The summed E-state index contributed by atoms with van der Waals surface area (Å²) in [6.07, 6.45) is 0. The molecule has 0 aliphatic heterocycles. The molecule has 0 amide bonds. The van der Waals surface area contributed by atoms with Gasteiger partial charge in [0.1, 0.15) is 0 Å². The van der Waals surface area contributed by atoms with Crippen LogP contribution in [0.3, 0.4) is 0 Å². The summed E-state index contributed by atoms with van der Waals surface area (Å²) in [6.45, 7) is 5.90. The summed E-state index contributed by atoms with van der Waals surface area (Å²) in [4.78, 5) is 0. The Morgan fingerprint density at radius 2 is 1.85 bits per heavy atom. The summed E-state index contributed by atoms with van der Waals surface area (Å²) >= 11 is 0. The second kappa shape index (κ2) is 6.99. The molecule has 13 heavy (non-hydrogen) atoms. The Hall–Kier alpha value is -0.460. The second-order valence-corrected chi connectivity index (χ2v) is 2.29. The fraction of sp³-hybridized carbons (Fsp3) is 0.750. The third-order valence-electron chi connectivity index (χ3n) is 1.10. The maximum absolute atomic E-state index is 10.3. The highest BCUT2D eigenvalue weighted by Gasteiger charge is 2.31. The van der Waals surface area contributed by atoms with Crippen LogP contribution in [0.15, 0.2) is 0 Å². The van der Waals surface area contributed by atoms with Crippen molar-refractivity contribution in [2.24, 2.45) is 0 Å². The van der Waals surface area contributed by atoms with Gasteiger partial charge in [0.15, 0.2) is 0 Å². The van der Waals surface area contributed by atoms with E-state index in [1.54, 1.807) is 20.8 Å². The van der Waals surface area contributed by atoms with Crippen LogP contribution in [0.25, 0.3) is 0 Å². The van der Waals surface area contributed by atoms with E-state index in [9.17, 15) is 4.57 Å². The zero-order valence-corrected chi connectivity index (χ0v) is 8.89. The maximum Gasteiger partial charge on any atom is 0.363 e. The van der Waals surface area contributed by atoms with Crippen molar-refractivity contribution >= 4 is 8.69 Å². The van der Waals surface area contributed by atoms with Crippen molar-refractivity contribution in [2.45, 2.75) is 26.7 Å². The molecule has 0 rings (SSSR count). The standard InChI is InChI=1S/C8H13O4P/c1-4-7-8(10-5-2,11-6-3)12-13-9/h5-6H2,1-3H3. The van der Waals surface area contributed by atoms with Crippen LogP contribution in [0.4, 0.5) is 0 Å². The van der Waals surface area contributed by atoms with Crippen LogP contribution in [0.2, 0.25) is 0 Å². The van der Waals surface area contributed by atoms with Crippen LogP contribution in [0, 0.1) is 11.8 Å². The van der Waals surface area contributed by atoms with E-state index in [0.29, 0.717) is 13.2 Å². The molecule has 0 aromatic rings. The molecular weight excluding hydrogens is 191 g/mol. The normalized spacial score (nSPS) is 11.0. The predicted molar refractivity (Wildman–Crippen MR) is 48.1 cm³/mol. The topological polar surface area (TPSA) is 44.8 Å². The van der Waals surface area contributed by atoms with E-state index in [1.807, 2.05) is 0 Å². The van der Waals surface area contributed by atoms with E-state index in [-0.39, 0.29) is 0 Å². The largest absolute Gasteiger partial charge is 0.363 e. The van der Waals surface area contributed by atoms with Crippen molar-refractivity contribution in [2.75, 3.05) is 13.2 Å². The third kappa shape index (κ3) is 4.35.